The van der Waals surface area contributed by atoms with Crippen LogP contribution in [-0.2, 0) is 9.59 Å². The molecule has 2 aliphatic heterocycles. The summed E-state index contributed by atoms with van der Waals surface area (Å²) in [5.41, 5.74) is 0. The van der Waals surface area contributed by atoms with Crippen LogP contribution in [0.2, 0.25) is 0 Å². The van der Waals surface area contributed by atoms with Crippen LogP contribution in [0, 0.1) is 5.92 Å². The number of likely N-dealkylation sites (tertiary alicyclic amines) is 1. The van der Waals surface area contributed by atoms with Crippen molar-refractivity contribution in [1.29, 1.82) is 0 Å². The minimum Gasteiger partial charge on any atom is -0.342 e. The van der Waals surface area contributed by atoms with Crippen molar-refractivity contribution in [2.24, 2.45) is 5.92 Å². The molecule has 0 radical (unpaired) electrons. The van der Waals surface area contributed by atoms with E-state index in [1.165, 1.54) is 12.8 Å². The molecule has 3 fully saturated rings. The van der Waals surface area contributed by atoms with Gasteiger partial charge in [-0.25, -0.2) is 0 Å². The van der Waals surface area contributed by atoms with Crippen LogP contribution in [0.15, 0.2) is 0 Å². The minimum atomic E-state index is 0. The summed E-state index contributed by atoms with van der Waals surface area (Å²) < 4.78 is 0. The van der Waals surface area contributed by atoms with Crippen LogP contribution in [0.1, 0.15) is 25.7 Å². The van der Waals surface area contributed by atoms with E-state index in [4.69, 9.17) is 0 Å². The highest BCUT2D eigenvalue weighted by molar-refractivity contribution is 5.85. The Balaban J connectivity index is 0.00000144. The molecule has 1 aliphatic carbocycles. The van der Waals surface area contributed by atoms with E-state index in [0.717, 1.165) is 64.6 Å². The number of amides is 2. The molecule has 1 N–H and O–H groups in total. The van der Waals surface area contributed by atoms with E-state index in [9.17, 15) is 9.59 Å². The van der Waals surface area contributed by atoms with Gasteiger partial charge in [-0.2, -0.15) is 0 Å². The lowest BCUT2D eigenvalue weighted by Gasteiger charge is -2.35. The average molecular weight is 381 g/mol. The highest BCUT2D eigenvalue weighted by Gasteiger charge is 2.25. The maximum atomic E-state index is 12.1. The highest BCUT2D eigenvalue weighted by atomic mass is 35.5. The van der Waals surface area contributed by atoms with Gasteiger partial charge in [0.2, 0.25) is 11.8 Å². The second-order valence-corrected chi connectivity index (χ2v) is 6.82. The molecule has 0 unspecified atom stereocenters. The van der Waals surface area contributed by atoms with Crippen LogP contribution in [0.3, 0.4) is 0 Å². The fraction of sp³-hybridized carbons (Fsp3) is 0.875. The monoisotopic (exact) mass is 380 g/mol. The fourth-order valence-electron chi connectivity index (χ4n) is 3.23. The quantitative estimate of drug-likeness (QED) is 0.732. The Morgan fingerprint density at radius 2 is 1.42 bits per heavy atom. The molecule has 8 heteroatoms. The number of piperazine rings is 1. The Hall–Kier alpha value is -0.560. The zero-order valence-electron chi connectivity index (χ0n) is 14.2. The molecule has 2 amide bonds. The van der Waals surface area contributed by atoms with Gasteiger partial charge in [0.15, 0.2) is 0 Å². The summed E-state index contributed by atoms with van der Waals surface area (Å²) in [5, 5.41) is 3.26. The van der Waals surface area contributed by atoms with Gasteiger partial charge in [-0.05, 0) is 38.1 Å². The van der Waals surface area contributed by atoms with Gasteiger partial charge in [-0.15, -0.1) is 24.8 Å². The lowest BCUT2D eigenvalue weighted by Crippen LogP contribution is -2.52. The number of nitrogens with zero attached hydrogens (tertiary/aromatic N) is 3. The Morgan fingerprint density at radius 3 is 2.00 bits per heavy atom. The van der Waals surface area contributed by atoms with Crippen molar-refractivity contribution >= 4 is 36.6 Å². The second kappa shape index (κ2) is 10.4. The molecule has 0 aromatic heterocycles. The number of hydrogen-bond acceptors (Lipinski definition) is 4. The molecule has 1 saturated carbocycles. The van der Waals surface area contributed by atoms with Crippen molar-refractivity contribution in [3.8, 4) is 0 Å². The molecule has 0 spiro atoms. The third-order valence-corrected chi connectivity index (χ3v) is 4.95. The normalized spacial score (nSPS) is 21.2. The summed E-state index contributed by atoms with van der Waals surface area (Å²) in [7, 11) is 0. The molecular weight excluding hydrogens is 351 g/mol. The molecule has 3 aliphatic rings. The zero-order valence-corrected chi connectivity index (χ0v) is 15.9. The van der Waals surface area contributed by atoms with Gasteiger partial charge in [0.05, 0.1) is 13.1 Å². The van der Waals surface area contributed by atoms with Crippen LogP contribution < -0.4 is 5.32 Å². The lowest BCUT2D eigenvalue weighted by molar-refractivity contribution is -0.134. The Morgan fingerprint density at radius 1 is 0.833 bits per heavy atom. The van der Waals surface area contributed by atoms with Crippen molar-refractivity contribution in [3.63, 3.8) is 0 Å². The molecule has 3 rings (SSSR count). The van der Waals surface area contributed by atoms with E-state index in [1.54, 1.807) is 0 Å². The van der Waals surface area contributed by atoms with Gasteiger partial charge in [0, 0.05) is 39.3 Å². The maximum absolute atomic E-state index is 12.1. The molecule has 6 nitrogen and oxygen atoms in total. The summed E-state index contributed by atoms with van der Waals surface area (Å²) in [4.78, 5) is 30.3. The SMILES string of the molecule is Cl.Cl.O=C(CNCC1CC1)N1CCN(CC(=O)N2CCCC2)CC1. The number of rotatable bonds is 6. The molecular formula is C16H30Cl2N4O2. The van der Waals surface area contributed by atoms with Gasteiger partial charge >= 0.3 is 0 Å². The van der Waals surface area contributed by atoms with Crippen LogP contribution in [0.25, 0.3) is 0 Å². The molecule has 24 heavy (non-hydrogen) atoms. The topological polar surface area (TPSA) is 55.9 Å². The zero-order chi connectivity index (χ0) is 15.4. The van der Waals surface area contributed by atoms with Gasteiger partial charge in [-0.1, -0.05) is 0 Å². The molecule has 0 atom stereocenters. The third-order valence-electron chi connectivity index (χ3n) is 4.95. The van der Waals surface area contributed by atoms with Crippen LogP contribution in [-0.4, -0.2) is 85.4 Å². The third kappa shape index (κ3) is 6.39. The Kier molecular flexibility index (Phi) is 9.34. The van der Waals surface area contributed by atoms with Crippen molar-refractivity contribution in [2.45, 2.75) is 25.7 Å². The fourth-order valence-corrected chi connectivity index (χ4v) is 3.23. The number of carbonyl (C=O) groups excluding carboxylic acids is 2. The standard InChI is InChI=1S/C16H28N4O2.2ClH/c21-15(12-17-11-14-3-4-14)20-9-7-18(8-10-20)13-16(22)19-5-1-2-6-19;;/h14,17H,1-13H2;2*1H. The smallest absolute Gasteiger partial charge is 0.236 e. The van der Waals surface area contributed by atoms with Crippen molar-refractivity contribution in [3.05, 3.63) is 0 Å². The van der Waals surface area contributed by atoms with Crippen molar-refractivity contribution < 1.29 is 9.59 Å². The largest absolute Gasteiger partial charge is 0.342 e. The molecule has 140 valence electrons. The first kappa shape index (κ1) is 21.5. The molecule has 0 aromatic carbocycles. The minimum absolute atomic E-state index is 0. The maximum Gasteiger partial charge on any atom is 0.236 e. The first-order valence-electron chi connectivity index (χ1n) is 8.71. The summed E-state index contributed by atoms with van der Waals surface area (Å²) >= 11 is 0. The highest BCUT2D eigenvalue weighted by Crippen LogP contribution is 2.27. The van der Waals surface area contributed by atoms with E-state index in [2.05, 4.69) is 10.2 Å². The van der Waals surface area contributed by atoms with E-state index < -0.39 is 0 Å². The number of halogens is 2. The second-order valence-electron chi connectivity index (χ2n) is 6.82. The van der Waals surface area contributed by atoms with Crippen LogP contribution in [0.5, 0.6) is 0 Å². The van der Waals surface area contributed by atoms with E-state index in [0.29, 0.717) is 13.1 Å². The van der Waals surface area contributed by atoms with E-state index in [1.807, 2.05) is 9.80 Å². The van der Waals surface area contributed by atoms with Gasteiger partial charge in [-0.3, -0.25) is 14.5 Å². The predicted octanol–water partition coefficient (Wildman–Crippen LogP) is 0.596. The first-order valence-corrected chi connectivity index (χ1v) is 8.71. The summed E-state index contributed by atoms with van der Waals surface area (Å²) in [6, 6.07) is 0. The summed E-state index contributed by atoms with van der Waals surface area (Å²) in [5.74, 6) is 1.26. The summed E-state index contributed by atoms with van der Waals surface area (Å²) in [6.07, 6.45) is 4.90. The van der Waals surface area contributed by atoms with E-state index in [-0.39, 0.29) is 36.6 Å². The van der Waals surface area contributed by atoms with Crippen LogP contribution >= 0.6 is 24.8 Å². The van der Waals surface area contributed by atoms with Crippen molar-refractivity contribution in [1.82, 2.24) is 20.0 Å². The lowest BCUT2D eigenvalue weighted by atomic mass is 10.3. The predicted molar refractivity (Wildman–Crippen MR) is 98.9 cm³/mol. The van der Waals surface area contributed by atoms with Gasteiger partial charge < -0.3 is 15.1 Å². The van der Waals surface area contributed by atoms with Gasteiger partial charge in [0.25, 0.3) is 0 Å². The van der Waals surface area contributed by atoms with E-state index >= 15 is 0 Å². The number of hydrogen-bond donors (Lipinski definition) is 1. The van der Waals surface area contributed by atoms with Crippen molar-refractivity contribution in [2.75, 3.05) is 58.9 Å². The first-order chi connectivity index (χ1) is 10.7. The Bertz CT molecular complexity index is 407. The van der Waals surface area contributed by atoms with Crippen LogP contribution in [0.4, 0.5) is 0 Å². The summed E-state index contributed by atoms with van der Waals surface area (Å²) in [6.45, 7) is 6.92. The molecule has 2 heterocycles. The molecule has 2 saturated heterocycles. The van der Waals surface area contributed by atoms with Gasteiger partial charge in [0.1, 0.15) is 0 Å². The molecule has 0 aromatic rings. The Labute approximate surface area is 157 Å². The molecule has 0 bridgehead atoms. The average Bonchev–Trinajstić information content (AvgIpc) is 3.18. The number of carbonyl (C=O) groups is 2. The number of nitrogens with one attached hydrogen (secondary N) is 1.